The van der Waals surface area contributed by atoms with E-state index < -0.39 is 49.5 Å². The quantitative estimate of drug-likeness (QED) is 0.0197. The molecule has 0 radical (unpaired) electrons. The first-order chi connectivity index (χ1) is 30.7. The molecule has 0 aromatic carbocycles. The summed E-state index contributed by atoms with van der Waals surface area (Å²) in [6, 6.07) is -0.853. The smallest absolute Gasteiger partial charge is 0.305 e. The topological polar surface area (TPSA) is 175 Å². The van der Waals surface area contributed by atoms with Crippen LogP contribution in [0.2, 0.25) is 0 Å². The lowest BCUT2D eigenvalue weighted by molar-refractivity contribution is -0.302. The number of esters is 1. The normalized spacial score (nSPS) is 20.4. The Bertz CT molecular complexity index is 1190. The van der Waals surface area contributed by atoms with Gasteiger partial charge < -0.3 is 45.1 Å². The molecule has 63 heavy (non-hydrogen) atoms. The fourth-order valence-corrected chi connectivity index (χ4v) is 7.53. The zero-order chi connectivity index (χ0) is 46.0. The van der Waals surface area contributed by atoms with E-state index in [1.165, 1.54) is 103 Å². The van der Waals surface area contributed by atoms with Crippen molar-refractivity contribution in [1.29, 1.82) is 0 Å². The van der Waals surface area contributed by atoms with Crippen molar-refractivity contribution in [3.8, 4) is 0 Å². The largest absolute Gasteiger partial charge is 0.466 e. The lowest BCUT2D eigenvalue weighted by Gasteiger charge is -2.40. The number of carbonyl (C=O) groups is 2. The van der Waals surface area contributed by atoms with Crippen LogP contribution in [-0.4, -0.2) is 100 Å². The molecule has 1 fully saturated rings. The SMILES string of the molecule is CCCCC/C=C\CCCCCCCC(=O)OCCCCCCCC/C=C\C/C=C\CCC(=O)NC(COC1OC(CO)C(O)C(O)C1O)C(O)/C=C/CCCCCCCCCC. The number of ether oxygens (including phenoxy) is 3. The average Bonchev–Trinajstić information content (AvgIpc) is 3.28. The van der Waals surface area contributed by atoms with E-state index in [9.17, 15) is 35.1 Å². The van der Waals surface area contributed by atoms with Crippen LogP contribution in [0.1, 0.15) is 206 Å². The Labute approximate surface area is 383 Å². The molecular formula is C52H93NO10. The lowest BCUT2D eigenvalue weighted by atomic mass is 9.99. The average molecular weight is 892 g/mol. The van der Waals surface area contributed by atoms with E-state index >= 15 is 0 Å². The minimum Gasteiger partial charge on any atom is -0.466 e. The van der Waals surface area contributed by atoms with Gasteiger partial charge in [-0.25, -0.2) is 0 Å². The molecule has 0 spiro atoms. The van der Waals surface area contributed by atoms with Crippen molar-refractivity contribution in [2.24, 2.45) is 0 Å². The Kier molecular flexibility index (Phi) is 39.3. The van der Waals surface area contributed by atoms with Crippen LogP contribution in [0.15, 0.2) is 48.6 Å². The molecule has 1 amide bonds. The minimum absolute atomic E-state index is 0.0506. The fourth-order valence-electron chi connectivity index (χ4n) is 7.53. The van der Waals surface area contributed by atoms with E-state index in [-0.39, 0.29) is 24.9 Å². The predicted octanol–water partition coefficient (Wildman–Crippen LogP) is 10.2. The number of aliphatic hydroxyl groups is 5. The molecule has 1 saturated heterocycles. The van der Waals surface area contributed by atoms with Crippen LogP contribution in [0.25, 0.3) is 0 Å². The van der Waals surface area contributed by atoms with Crippen molar-refractivity contribution in [2.45, 2.75) is 249 Å². The van der Waals surface area contributed by atoms with Gasteiger partial charge in [0.2, 0.25) is 5.91 Å². The first kappa shape index (κ1) is 58.6. The van der Waals surface area contributed by atoms with Gasteiger partial charge in [0.15, 0.2) is 6.29 Å². The highest BCUT2D eigenvalue weighted by Crippen LogP contribution is 2.22. The van der Waals surface area contributed by atoms with E-state index in [2.05, 4.69) is 43.5 Å². The molecule has 0 aromatic rings. The Balaban J connectivity index is 2.22. The zero-order valence-corrected chi connectivity index (χ0v) is 39.8. The zero-order valence-electron chi connectivity index (χ0n) is 39.8. The number of rotatable bonds is 42. The van der Waals surface area contributed by atoms with Gasteiger partial charge in [-0.2, -0.15) is 0 Å². The molecule has 0 bridgehead atoms. The molecule has 6 N–H and O–H groups in total. The summed E-state index contributed by atoms with van der Waals surface area (Å²) < 4.78 is 16.6. The third-order valence-electron chi connectivity index (χ3n) is 11.7. The van der Waals surface area contributed by atoms with Crippen molar-refractivity contribution >= 4 is 11.9 Å². The van der Waals surface area contributed by atoms with Crippen LogP contribution >= 0.6 is 0 Å². The minimum atomic E-state index is -1.59. The predicted molar refractivity (Wildman–Crippen MR) is 255 cm³/mol. The second-order valence-corrected chi connectivity index (χ2v) is 17.5. The maximum absolute atomic E-state index is 12.9. The van der Waals surface area contributed by atoms with Crippen LogP contribution in [0.3, 0.4) is 0 Å². The Hall–Kier alpha value is -2.38. The third kappa shape index (κ3) is 32.9. The molecule has 7 atom stereocenters. The molecular weight excluding hydrogens is 799 g/mol. The van der Waals surface area contributed by atoms with Gasteiger partial charge >= 0.3 is 5.97 Å². The van der Waals surface area contributed by atoms with Crippen LogP contribution < -0.4 is 5.32 Å². The maximum atomic E-state index is 12.9. The van der Waals surface area contributed by atoms with Crippen molar-refractivity contribution in [3.05, 3.63) is 48.6 Å². The monoisotopic (exact) mass is 892 g/mol. The standard InChI is InChI=1S/C52H93NO10/c1-3-5-7-9-11-13-15-20-24-28-32-36-40-48(57)61-41-37-33-29-25-21-18-16-17-19-23-27-31-35-39-47(56)53-44(43-62-52-51(60)50(59)49(58)46(42-54)63-52)45(55)38-34-30-26-22-14-12-10-8-6-4-2/h11,13,17,19,27,31,34,38,44-46,49-52,54-55,58-60H,3-10,12,14-16,18,20-26,28-30,32-33,35-37,39-43H2,1-2H3,(H,53,56)/b13-11-,19-17-,31-27-,38-34+. The fraction of sp³-hybridized carbons (Fsp3) is 0.808. The van der Waals surface area contributed by atoms with Gasteiger partial charge in [0.1, 0.15) is 24.4 Å². The lowest BCUT2D eigenvalue weighted by Crippen LogP contribution is -2.60. The molecule has 0 aromatic heterocycles. The Morgan fingerprint density at radius 1 is 0.587 bits per heavy atom. The number of amides is 1. The molecule has 11 heteroatoms. The number of aliphatic hydroxyl groups excluding tert-OH is 5. The van der Waals surface area contributed by atoms with Crippen molar-refractivity contribution in [1.82, 2.24) is 5.32 Å². The van der Waals surface area contributed by atoms with Gasteiger partial charge in [-0.05, 0) is 77.0 Å². The van der Waals surface area contributed by atoms with Crippen molar-refractivity contribution in [3.63, 3.8) is 0 Å². The molecule has 0 saturated carbocycles. The first-order valence-corrected chi connectivity index (χ1v) is 25.4. The maximum Gasteiger partial charge on any atom is 0.305 e. The van der Waals surface area contributed by atoms with Crippen molar-refractivity contribution in [2.75, 3.05) is 19.8 Å². The number of unbranched alkanes of at least 4 members (excludes halogenated alkanes) is 22. The highest BCUT2D eigenvalue weighted by atomic mass is 16.7. The summed E-state index contributed by atoms with van der Waals surface area (Å²) in [4.78, 5) is 24.9. The van der Waals surface area contributed by atoms with E-state index in [1.54, 1.807) is 6.08 Å². The number of hydrogen-bond donors (Lipinski definition) is 6. The summed E-state index contributed by atoms with van der Waals surface area (Å²) in [5, 5.41) is 54.0. The second kappa shape index (κ2) is 42.3. The second-order valence-electron chi connectivity index (χ2n) is 17.5. The summed E-state index contributed by atoms with van der Waals surface area (Å²) in [7, 11) is 0. The Morgan fingerprint density at radius 2 is 1.08 bits per heavy atom. The highest BCUT2D eigenvalue weighted by molar-refractivity contribution is 5.76. The number of hydrogen-bond acceptors (Lipinski definition) is 10. The molecule has 1 rings (SSSR count). The summed E-state index contributed by atoms with van der Waals surface area (Å²) >= 11 is 0. The summed E-state index contributed by atoms with van der Waals surface area (Å²) in [5.74, 6) is -0.317. The summed E-state index contributed by atoms with van der Waals surface area (Å²) in [5.41, 5.74) is 0. The molecule has 1 aliphatic heterocycles. The molecule has 1 aliphatic rings. The van der Waals surface area contributed by atoms with Crippen LogP contribution in [0.5, 0.6) is 0 Å². The molecule has 11 nitrogen and oxygen atoms in total. The van der Waals surface area contributed by atoms with Gasteiger partial charge in [-0.1, -0.05) is 165 Å². The van der Waals surface area contributed by atoms with Crippen LogP contribution in [-0.2, 0) is 23.8 Å². The Morgan fingerprint density at radius 3 is 1.68 bits per heavy atom. The van der Waals surface area contributed by atoms with Crippen LogP contribution in [0, 0.1) is 0 Å². The van der Waals surface area contributed by atoms with Crippen LogP contribution in [0.4, 0.5) is 0 Å². The number of allylic oxidation sites excluding steroid dienone is 7. The van der Waals surface area contributed by atoms with E-state index in [4.69, 9.17) is 14.2 Å². The van der Waals surface area contributed by atoms with Crippen molar-refractivity contribution < 1.29 is 49.3 Å². The molecule has 0 aliphatic carbocycles. The van der Waals surface area contributed by atoms with E-state index in [0.717, 1.165) is 70.6 Å². The summed E-state index contributed by atoms with van der Waals surface area (Å²) in [6.45, 7) is 4.18. The number of nitrogens with one attached hydrogen (secondary N) is 1. The number of carbonyl (C=O) groups excluding carboxylic acids is 2. The van der Waals surface area contributed by atoms with Gasteiger partial charge in [0, 0.05) is 12.8 Å². The third-order valence-corrected chi connectivity index (χ3v) is 11.7. The molecule has 366 valence electrons. The first-order valence-electron chi connectivity index (χ1n) is 25.4. The van der Waals surface area contributed by atoms with Gasteiger partial charge in [-0.15, -0.1) is 0 Å². The van der Waals surface area contributed by atoms with Gasteiger partial charge in [-0.3, -0.25) is 9.59 Å². The van der Waals surface area contributed by atoms with Gasteiger partial charge in [0.25, 0.3) is 0 Å². The molecule has 7 unspecified atom stereocenters. The highest BCUT2D eigenvalue weighted by Gasteiger charge is 2.44. The van der Waals surface area contributed by atoms with Gasteiger partial charge in [0.05, 0.1) is 32.0 Å². The summed E-state index contributed by atoms with van der Waals surface area (Å²) in [6.07, 6.45) is 40.6. The van der Waals surface area contributed by atoms with E-state index in [0.29, 0.717) is 19.4 Å². The molecule has 1 heterocycles. The van der Waals surface area contributed by atoms with E-state index in [1.807, 2.05) is 18.2 Å².